The number of hydrogen-bond acceptors (Lipinski definition) is 3. The van der Waals surface area contributed by atoms with Crippen LogP contribution in [0.25, 0.3) is 0 Å². The number of hydrogen-bond donors (Lipinski definition) is 2. The van der Waals surface area contributed by atoms with Crippen LogP contribution < -0.4 is 15.4 Å². The van der Waals surface area contributed by atoms with Gasteiger partial charge in [-0.25, -0.2) is 4.39 Å². The highest BCUT2D eigenvalue weighted by Gasteiger charge is 2.10. The van der Waals surface area contributed by atoms with Crippen molar-refractivity contribution in [2.24, 2.45) is 0 Å². The van der Waals surface area contributed by atoms with Crippen molar-refractivity contribution < 1.29 is 18.7 Å². The second-order valence-corrected chi connectivity index (χ2v) is 6.25. The SMILES string of the molecule is COc1ccc(CCC(=O)Nc2cc(NC(C)=O)ccc2F)cc1Br. The molecule has 0 bridgehead atoms. The van der Waals surface area contributed by atoms with Gasteiger partial charge in [-0.3, -0.25) is 9.59 Å². The Morgan fingerprint density at radius 1 is 1.16 bits per heavy atom. The maximum absolute atomic E-state index is 13.8. The lowest BCUT2D eigenvalue weighted by molar-refractivity contribution is -0.116. The van der Waals surface area contributed by atoms with E-state index in [2.05, 4.69) is 26.6 Å². The number of ether oxygens (including phenoxy) is 1. The number of nitrogens with one attached hydrogen (secondary N) is 2. The van der Waals surface area contributed by atoms with Crippen molar-refractivity contribution in [1.29, 1.82) is 0 Å². The Morgan fingerprint density at radius 3 is 2.56 bits per heavy atom. The molecule has 0 spiro atoms. The molecule has 132 valence electrons. The van der Waals surface area contributed by atoms with Crippen LogP contribution in [0.1, 0.15) is 18.9 Å². The van der Waals surface area contributed by atoms with Gasteiger partial charge in [0.1, 0.15) is 11.6 Å². The van der Waals surface area contributed by atoms with Crippen LogP contribution in [0.2, 0.25) is 0 Å². The summed E-state index contributed by atoms with van der Waals surface area (Å²) in [7, 11) is 1.58. The first kappa shape index (κ1) is 18.9. The number of anilines is 2. The molecule has 0 radical (unpaired) electrons. The molecule has 2 aromatic rings. The first-order valence-corrected chi connectivity index (χ1v) is 8.37. The van der Waals surface area contributed by atoms with Crippen LogP contribution in [0.3, 0.4) is 0 Å². The minimum atomic E-state index is -0.561. The van der Waals surface area contributed by atoms with Crippen molar-refractivity contribution in [2.75, 3.05) is 17.7 Å². The third kappa shape index (κ3) is 5.56. The number of aryl methyl sites for hydroxylation is 1. The summed E-state index contributed by atoms with van der Waals surface area (Å²) in [4.78, 5) is 23.1. The van der Waals surface area contributed by atoms with E-state index < -0.39 is 5.82 Å². The van der Waals surface area contributed by atoms with Gasteiger partial charge >= 0.3 is 0 Å². The molecule has 5 nitrogen and oxygen atoms in total. The van der Waals surface area contributed by atoms with E-state index in [-0.39, 0.29) is 23.9 Å². The van der Waals surface area contributed by atoms with Gasteiger partial charge in [0, 0.05) is 19.0 Å². The van der Waals surface area contributed by atoms with Crippen molar-refractivity contribution in [3.05, 3.63) is 52.3 Å². The fourth-order valence-electron chi connectivity index (χ4n) is 2.24. The van der Waals surface area contributed by atoms with E-state index in [4.69, 9.17) is 4.74 Å². The Morgan fingerprint density at radius 2 is 1.92 bits per heavy atom. The van der Waals surface area contributed by atoms with Gasteiger partial charge in [0.05, 0.1) is 17.3 Å². The van der Waals surface area contributed by atoms with Crippen LogP contribution in [-0.2, 0) is 16.0 Å². The average Bonchev–Trinajstić information content (AvgIpc) is 2.55. The highest BCUT2D eigenvalue weighted by Crippen LogP contribution is 2.26. The Hall–Kier alpha value is -2.41. The van der Waals surface area contributed by atoms with Gasteiger partial charge in [0.2, 0.25) is 11.8 Å². The van der Waals surface area contributed by atoms with Crippen LogP contribution in [-0.4, -0.2) is 18.9 Å². The second-order valence-electron chi connectivity index (χ2n) is 5.39. The fourth-order valence-corrected chi connectivity index (χ4v) is 2.83. The summed E-state index contributed by atoms with van der Waals surface area (Å²) in [5, 5.41) is 5.08. The summed E-state index contributed by atoms with van der Waals surface area (Å²) in [6.07, 6.45) is 0.698. The van der Waals surface area contributed by atoms with Gasteiger partial charge < -0.3 is 15.4 Å². The monoisotopic (exact) mass is 408 g/mol. The molecular formula is C18H18BrFN2O3. The lowest BCUT2D eigenvalue weighted by Crippen LogP contribution is -2.14. The van der Waals surface area contributed by atoms with Gasteiger partial charge in [-0.2, -0.15) is 0 Å². The number of carbonyl (C=O) groups is 2. The van der Waals surface area contributed by atoms with Crippen molar-refractivity contribution in [1.82, 2.24) is 0 Å². The fraction of sp³-hybridized carbons (Fsp3) is 0.222. The topological polar surface area (TPSA) is 67.4 Å². The van der Waals surface area contributed by atoms with Crippen molar-refractivity contribution >= 4 is 39.1 Å². The zero-order valence-corrected chi connectivity index (χ0v) is 15.4. The lowest BCUT2D eigenvalue weighted by Gasteiger charge is -2.10. The van der Waals surface area contributed by atoms with Gasteiger partial charge in [-0.1, -0.05) is 6.07 Å². The third-order valence-corrected chi connectivity index (χ3v) is 4.04. The molecule has 0 saturated carbocycles. The number of halogens is 2. The number of rotatable bonds is 6. The van der Waals surface area contributed by atoms with Crippen LogP contribution in [0.15, 0.2) is 40.9 Å². The van der Waals surface area contributed by atoms with E-state index in [1.807, 2.05) is 18.2 Å². The van der Waals surface area contributed by atoms with Crippen LogP contribution in [0.5, 0.6) is 5.75 Å². The Labute approximate surface area is 153 Å². The van der Waals surface area contributed by atoms with Crippen LogP contribution >= 0.6 is 15.9 Å². The zero-order valence-electron chi connectivity index (χ0n) is 13.9. The van der Waals surface area contributed by atoms with E-state index in [0.717, 1.165) is 10.0 Å². The van der Waals surface area contributed by atoms with Crippen molar-refractivity contribution in [3.8, 4) is 5.75 Å². The molecule has 2 rings (SSSR count). The Kier molecular flexibility index (Phi) is 6.52. The smallest absolute Gasteiger partial charge is 0.224 e. The summed E-state index contributed by atoms with van der Waals surface area (Å²) >= 11 is 3.40. The molecule has 0 saturated heterocycles. The number of benzene rings is 2. The van der Waals surface area contributed by atoms with Gasteiger partial charge in [0.15, 0.2) is 0 Å². The molecule has 0 unspecified atom stereocenters. The molecule has 2 N–H and O–H groups in total. The summed E-state index contributed by atoms with van der Waals surface area (Å²) < 4.78 is 19.8. The number of carbonyl (C=O) groups excluding carboxylic acids is 2. The van der Waals surface area contributed by atoms with Gasteiger partial charge in [-0.05, 0) is 58.2 Å². The molecule has 0 aliphatic heterocycles. The minimum Gasteiger partial charge on any atom is -0.496 e. The summed E-state index contributed by atoms with van der Waals surface area (Å²) in [5.41, 5.74) is 1.41. The quantitative estimate of drug-likeness (QED) is 0.754. The third-order valence-electron chi connectivity index (χ3n) is 3.42. The molecule has 2 aromatic carbocycles. The van der Waals surface area contributed by atoms with E-state index in [1.165, 1.54) is 25.1 Å². The minimum absolute atomic E-state index is 0.0344. The first-order chi connectivity index (χ1) is 11.9. The maximum Gasteiger partial charge on any atom is 0.224 e. The largest absolute Gasteiger partial charge is 0.496 e. The normalized spacial score (nSPS) is 10.2. The zero-order chi connectivity index (χ0) is 18.4. The molecule has 0 atom stereocenters. The number of methoxy groups -OCH3 is 1. The molecule has 0 aliphatic rings. The van der Waals surface area contributed by atoms with Crippen molar-refractivity contribution in [2.45, 2.75) is 19.8 Å². The predicted molar refractivity (Wildman–Crippen MR) is 98.3 cm³/mol. The van der Waals surface area contributed by atoms with Crippen LogP contribution in [0, 0.1) is 5.82 Å². The average molecular weight is 409 g/mol. The Bertz CT molecular complexity index is 796. The predicted octanol–water partition coefficient (Wildman–Crippen LogP) is 4.13. The summed E-state index contributed by atoms with van der Waals surface area (Å²) in [6, 6.07) is 9.58. The first-order valence-electron chi connectivity index (χ1n) is 7.58. The Balaban J connectivity index is 1.98. The molecule has 25 heavy (non-hydrogen) atoms. The summed E-state index contributed by atoms with van der Waals surface area (Å²) in [6.45, 7) is 1.36. The second kappa shape index (κ2) is 8.62. The van der Waals surface area contributed by atoms with E-state index >= 15 is 0 Å². The molecule has 2 amide bonds. The maximum atomic E-state index is 13.8. The molecule has 0 fully saturated rings. The van der Waals surface area contributed by atoms with Crippen LogP contribution in [0.4, 0.5) is 15.8 Å². The number of amides is 2. The van der Waals surface area contributed by atoms with E-state index in [1.54, 1.807) is 7.11 Å². The van der Waals surface area contributed by atoms with Crippen molar-refractivity contribution in [3.63, 3.8) is 0 Å². The molecule has 0 heterocycles. The summed E-state index contributed by atoms with van der Waals surface area (Å²) in [5.74, 6) is -0.431. The van der Waals surface area contributed by atoms with Gasteiger partial charge in [-0.15, -0.1) is 0 Å². The molecule has 7 heteroatoms. The standard InChI is InChI=1S/C18H18BrFN2O3/c1-11(23)21-13-5-6-15(20)16(10-13)22-18(24)8-4-12-3-7-17(25-2)14(19)9-12/h3,5-7,9-10H,4,8H2,1-2H3,(H,21,23)(H,22,24). The van der Waals surface area contributed by atoms with E-state index in [9.17, 15) is 14.0 Å². The molecular weight excluding hydrogens is 391 g/mol. The van der Waals surface area contributed by atoms with Gasteiger partial charge in [0.25, 0.3) is 0 Å². The highest BCUT2D eigenvalue weighted by molar-refractivity contribution is 9.10. The van der Waals surface area contributed by atoms with E-state index in [0.29, 0.717) is 17.9 Å². The molecule has 0 aliphatic carbocycles. The lowest BCUT2D eigenvalue weighted by atomic mass is 10.1. The highest BCUT2D eigenvalue weighted by atomic mass is 79.9. The molecule has 0 aromatic heterocycles.